The lowest BCUT2D eigenvalue weighted by Crippen LogP contribution is -2.27. The summed E-state index contributed by atoms with van der Waals surface area (Å²) in [6, 6.07) is 17.5. The number of thioether (sulfide) groups is 1. The lowest BCUT2D eigenvalue weighted by molar-refractivity contribution is -0.123. The van der Waals surface area contributed by atoms with Crippen LogP contribution in [0, 0.1) is 5.82 Å². The Hall–Kier alpha value is -1.94. The van der Waals surface area contributed by atoms with Crippen molar-refractivity contribution in [3.63, 3.8) is 0 Å². The summed E-state index contributed by atoms with van der Waals surface area (Å²) in [6.07, 6.45) is 1.67. The van der Waals surface area contributed by atoms with Crippen molar-refractivity contribution in [1.29, 1.82) is 0 Å². The predicted molar refractivity (Wildman–Crippen MR) is 138 cm³/mol. The molecule has 0 spiro atoms. The molecule has 3 aromatic carbocycles. The summed E-state index contributed by atoms with van der Waals surface area (Å²) in [5, 5.41) is -0.315. The predicted octanol–water partition coefficient (Wildman–Crippen LogP) is 7.93. The average molecular weight is 656 g/mol. The van der Waals surface area contributed by atoms with Gasteiger partial charge in [-0.15, -0.1) is 0 Å². The fourth-order valence-corrected chi connectivity index (χ4v) is 5.85. The number of hydrogen-bond donors (Lipinski definition) is 0. The summed E-state index contributed by atoms with van der Waals surface area (Å²) in [7, 11) is 0. The van der Waals surface area contributed by atoms with Gasteiger partial charge in [-0.3, -0.25) is 14.5 Å². The van der Waals surface area contributed by atoms with Gasteiger partial charge in [0.2, 0.25) is 0 Å². The van der Waals surface area contributed by atoms with Crippen molar-refractivity contribution in [2.24, 2.45) is 0 Å². The molecule has 33 heavy (non-hydrogen) atoms. The summed E-state index contributed by atoms with van der Waals surface area (Å²) < 4.78 is 21.8. The smallest absolute Gasteiger partial charge is 0.293 e. The molecule has 0 aliphatic carbocycles. The van der Waals surface area contributed by atoms with Crippen LogP contribution in [0.25, 0.3) is 6.08 Å². The third kappa shape index (κ3) is 5.59. The lowest BCUT2D eigenvalue weighted by Gasteiger charge is -2.13. The number of rotatable bonds is 6. The van der Waals surface area contributed by atoms with Crippen molar-refractivity contribution in [3.8, 4) is 5.75 Å². The molecule has 0 bridgehead atoms. The molecule has 4 rings (SSSR count). The van der Waals surface area contributed by atoms with Gasteiger partial charge in [-0.2, -0.15) is 0 Å². The Balaban J connectivity index is 1.52. The van der Waals surface area contributed by atoms with E-state index < -0.39 is 0 Å². The molecule has 9 heteroatoms. The van der Waals surface area contributed by atoms with Gasteiger partial charge in [0.1, 0.15) is 18.2 Å². The van der Waals surface area contributed by atoms with E-state index >= 15 is 0 Å². The van der Waals surface area contributed by atoms with Gasteiger partial charge in [-0.1, -0.05) is 52.3 Å². The van der Waals surface area contributed by atoms with Crippen LogP contribution in [0.4, 0.5) is 9.18 Å². The first-order chi connectivity index (χ1) is 15.8. The summed E-state index contributed by atoms with van der Waals surface area (Å²) in [5.74, 6) is -0.162. The number of halogens is 4. The fourth-order valence-electron chi connectivity index (χ4n) is 3.15. The van der Waals surface area contributed by atoms with Gasteiger partial charge in [-0.05, 0) is 85.1 Å². The summed E-state index contributed by atoms with van der Waals surface area (Å²) >= 11 is 11.3. The van der Waals surface area contributed by atoms with E-state index in [-0.39, 0.29) is 30.1 Å². The summed E-state index contributed by atoms with van der Waals surface area (Å²) in [4.78, 5) is 26.9. The number of carbonyl (C=O) groups is 2. The Labute approximate surface area is 219 Å². The molecule has 1 aliphatic heterocycles. The zero-order valence-corrected chi connectivity index (χ0v) is 22.4. The minimum atomic E-state index is -0.340. The summed E-state index contributed by atoms with van der Waals surface area (Å²) in [6.45, 7) is 0.261. The van der Waals surface area contributed by atoms with E-state index in [1.165, 1.54) is 11.0 Å². The fraction of sp³-hybridized carbons (Fsp3) is 0.0833. The van der Waals surface area contributed by atoms with Crippen molar-refractivity contribution in [2.45, 2.75) is 13.2 Å². The Morgan fingerprint density at radius 1 is 0.909 bits per heavy atom. The average Bonchev–Trinajstić information content (AvgIpc) is 3.03. The first-order valence-corrected chi connectivity index (χ1v) is 12.9. The minimum absolute atomic E-state index is 0.0666. The normalized spacial score (nSPS) is 14.9. The van der Waals surface area contributed by atoms with Crippen LogP contribution in [-0.2, 0) is 17.9 Å². The molecular formula is C24H15Br3FNO3S. The van der Waals surface area contributed by atoms with E-state index in [0.717, 1.165) is 21.8 Å². The molecule has 4 nitrogen and oxygen atoms in total. The number of amides is 2. The second-order valence-electron chi connectivity index (χ2n) is 7.05. The SMILES string of the molecule is O=C1S/C(=C/c2cc(Br)c(OCc3ccccc3F)c(Br)c2)C(=O)N1Cc1ccccc1Br. The van der Waals surface area contributed by atoms with Gasteiger partial charge < -0.3 is 4.74 Å². The minimum Gasteiger partial charge on any atom is -0.486 e. The van der Waals surface area contributed by atoms with Crippen LogP contribution >= 0.6 is 59.6 Å². The zero-order chi connectivity index (χ0) is 23.5. The van der Waals surface area contributed by atoms with Crippen LogP contribution in [0.1, 0.15) is 16.7 Å². The van der Waals surface area contributed by atoms with Gasteiger partial charge in [0.05, 0.1) is 20.4 Å². The van der Waals surface area contributed by atoms with Crippen molar-refractivity contribution in [2.75, 3.05) is 0 Å². The van der Waals surface area contributed by atoms with Gasteiger partial charge in [0.15, 0.2) is 0 Å². The monoisotopic (exact) mass is 653 g/mol. The van der Waals surface area contributed by atoms with E-state index in [0.29, 0.717) is 30.7 Å². The number of imide groups is 1. The molecule has 168 valence electrons. The molecular weight excluding hydrogens is 641 g/mol. The van der Waals surface area contributed by atoms with Gasteiger partial charge in [0.25, 0.3) is 11.1 Å². The Morgan fingerprint density at radius 2 is 1.55 bits per heavy atom. The van der Waals surface area contributed by atoms with Crippen LogP contribution in [0.15, 0.2) is 79.0 Å². The van der Waals surface area contributed by atoms with Crippen molar-refractivity contribution >= 4 is 76.8 Å². The molecule has 0 atom stereocenters. The van der Waals surface area contributed by atoms with E-state index in [1.54, 1.807) is 36.4 Å². The number of ether oxygens (including phenoxy) is 1. The van der Waals surface area contributed by atoms with E-state index in [9.17, 15) is 14.0 Å². The lowest BCUT2D eigenvalue weighted by atomic mass is 10.2. The van der Waals surface area contributed by atoms with Gasteiger partial charge >= 0.3 is 0 Å². The molecule has 0 N–H and O–H groups in total. The maximum atomic E-state index is 13.9. The first-order valence-electron chi connectivity index (χ1n) is 9.67. The molecule has 1 saturated heterocycles. The second-order valence-corrected chi connectivity index (χ2v) is 10.6. The number of hydrogen-bond acceptors (Lipinski definition) is 4. The maximum Gasteiger partial charge on any atom is 0.293 e. The van der Waals surface area contributed by atoms with Crippen LogP contribution in [0.2, 0.25) is 0 Å². The zero-order valence-electron chi connectivity index (χ0n) is 16.9. The Kier molecular flexibility index (Phi) is 7.73. The highest BCUT2D eigenvalue weighted by atomic mass is 79.9. The first kappa shape index (κ1) is 24.2. The van der Waals surface area contributed by atoms with Crippen LogP contribution in [0.5, 0.6) is 5.75 Å². The van der Waals surface area contributed by atoms with Crippen molar-refractivity contribution < 1.29 is 18.7 Å². The molecule has 1 heterocycles. The third-order valence-corrected chi connectivity index (χ3v) is 7.67. The molecule has 0 unspecified atom stereocenters. The standard InChI is InChI=1S/C24H15Br3FNO3S/c25-17-7-3-1-5-15(17)12-29-23(30)21(33-24(29)31)11-14-9-18(26)22(19(27)10-14)32-13-16-6-2-4-8-20(16)28/h1-11H,12-13H2/b21-11+. The highest BCUT2D eigenvalue weighted by Gasteiger charge is 2.35. The summed E-state index contributed by atoms with van der Waals surface area (Å²) in [5.41, 5.74) is 2.00. The molecule has 0 radical (unpaired) electrons. The van der Waals surface area contributed by atoms with Crippen LogP contribution in [0.3, 0.4) is 0 Å². The second kappa shape index (κ2) is 10.5. The molecule has 0 aromatic heterocycles. The highest BCUT2D eigenvalue weighted by molar-refractivity contribution is 9.11. The largest absolute Gasteiger partial charge is 0.486 e. The number of nitrogens with zero attached hydrogens (tertiary/aromatic N) is 1. The van der Waals surface area contributed by atoms with E-state index in [1.807, 2.05) is 24.3 Å². The highest BCUT2D eigenvalue weighted by Crippen LogP contribution is 2.38. The maximum absolute atomic E-state index is 13.9. The third-order valence-electron chi connectivity index (χ3n) is 4.81. The van der Waals surface area contributed by atoms with Gasteiger partial charge in [0, 0.05) is 10.0 Å². The molecule has 0 saturated carbocycles. The van der Waals surface area contributed by atoms with Crippen LogP contribution < -0.4 is 4.74 Å². The topological polar surface area (TPSA) is 46.6 Å². The molecule has 3 aromatic rings. The van der Waals surface area contributed by atoms with E-state index in [4.69, 9.17) is 4.74 Å². The van der Waals surface area contributed by atoms with Crippen molar-refractivity contribution in [1.82, 2.24) is 4.90 Å². The van der Waals surface area contributed by atoms with Crippen LogP contribution in [-0.4, -0.2) is 16.0 Å². The number of carbonyl (C=O) groups excluding carboxylic acids is 2. The van der Waals surface area contributed by atoms with Gasteiger partial charge in [-0.25, -0.2) is 4.39 Å². The quantitative estimate of drug-likeness (QED) is 0.253. The Bertz CT molecular complexity index is 1260. The molecule has 1 aliphatic rings. The van der Waals surface area contributed by atoms with Crippen molar-refractivity contribution in [3.05, 3.63) is 101 Å². The molecule has 2 amide bonds. The Morgan fingerprint density at radius 3 is 2.21 bits per heavy atom. The number of benzene rings is 3. The van der Waals surface area contributed by atoms with E-state index in [2.05, 4.69) is 47.8 Å². The molecule has 1 fully saturated rings.